The first kappa shape index (κ1) is 15.3. The number of aliphatic hydroxyl groups excluding tert-OH is 1. The highest BCUT2D eigenvalue weighted by molar-refractivity contribution is 6.32. The van der Waals surface area contributed by atoms with E-state index in [1.807, 2.05) is 6.07 Å². The van der Waals surface area contributed by atoms with Gasteiger partial charge in [-0.05, 0) is 30.3 Å². The van der Waals surface area contributed by atoms with Gasteiger partial charge in [-0.2, -0.15) is 5.26 Å². The van der Waals surface area contributed by atoms with Crippen LogP contribution in [0.15, 0.2) is 42.5 Å². The van der Waals surface area contributed by atoms with Gasteiger partial charge in [0.2, 0.25) is 0 Å². The predicted molar refractivity (Wildman–Crippen MR) is 84.6 cm³/mol. The van der Waals surface area contributed by atoms with Gasteiger partial charge in [-0.15, -0.1) is 0 Å². The number of carbonyl (C=O) groups excluding carboxylic acids is 1. The Morgan fingerprint density at radius 3 is 2.65 bits per heavy atom. The van der Waals surface area contributed by atoms with E-state index in [2.05, 4.69) is 0 Å². The molecule has 0 atom stereocenters. The minimum atomic E-state index is -0.445. The summed E-state index contributed by atoms with van der Waals surface area (Å²) in [6.45, 7) is 0.675. The highest BCUT2D eigenvalue weighted by Gasteiger charge is 2.29. The van der Waals surface area contributed by atoms with Crippen LogP contribution in [-0.4, -0.2) is 35.1 Å². The number of nitriles is 1. The molecule has 1 fully saturated rings. The lowest BCUT2D eigenvalue weighted by Gasteiger charge is -2.35. The van der Waals surface area contributed by atoms with Gasteiger partial charge in [0.15, 0.2) is 0 Å². The molecule has 1 aliphatic heterocycles. The van der Waals surface area contributed by atoms with Gasteiger partial charge in [-0.25, -0.2) is 0 Å². The van der Waals surface area contributed by atoms with Crippen molar-refractivity contribution < 1.29 is 14.6 Å². The maximum absolute atomic E-state index is 12.2. The van der Waals surface area contributed by atoms with Crippen LogP contribution in [0.2, 0.25) is 5.02 Å². The number of benzene rings is 2. The second kappa shape index (κ2) is 6.29. The van der Waals surface area contributed by atoms with Gasteiger partial charge in [0.1, 0.15) is 17.6 Å². The fourth-order valence-corrected chi connectivity index (χ4v) is 2.51. The molecule has 0 spiro atoms. The molecule has 2 aromatic rings. The molecule has 0 saturated carbocycles. The SMILES string of the molecule is N#Cc1ccccc1Oc1ccc(C(=O)N2CC(O)C2)cc1Cl. The van der Waals surface area contributed by atoms with E-state index in [0.29, 0.717) is 35.7 Å². The fourth-order valence-electron chi connectivity index (χ4n) is 2.29. The van der Waals surface area contributed by atoms with Crippen molar-refractivity contribution in [2.75, 3.05) is 13.1 Å². The smallest absolute Gasteiger partial charge is 0.254 e. The van der Waals surface area contributed by atoms with E-state index in [-0.39, 0.29) is 10.9 Å². The molecule has 6 heteroatoms. The van der Waals surface area contributed by atoms with Crippen LogP contribution in [0.3, 0.4) is 0 Å². The predicted octanol–water partition coefficient (Wildman–Crippen LogP) is 2.82. The van der Waals surface area contributed by atoms with Crippen molar-refractivity contribution >= 4 is 17.5 Å². The molecule has 0 radical (unpaired) electrons. The minimum Gasteiger partial charge on any atom is -0.454 e. The second-order valence-corrected chi connectivity index (χ2v) is 5.63. The number of hydrogen-bond donors (Lipinski definition) is 1. The van der Waals surface area contributed by atoms with Crippen LogP contribution in [0.5, 0.6) is 11.5 Å². The fraction of sp³-hybridized carbons (Fsp3) is 0.176. The quantitative estimate of drug-likeness (QED) is 0.940. The zero-order valence-corrected chi connectivity index (χ0v) is 12.8. The maximum Gasteiger partial charge on any atom is 0.254 e. The average Bonchev–Trinajstić information content (AvgIpc) is 2.53. The minimum absolute atomic E-state index is 0.179. The number of aliphatic hydroxyl groups is 1. The van der Waals surface area contributed by atoms with Gasteiger partial charge in [0, 0.05) is 18.7 Å². The lowest BCUT2D eigenvalue weighted by molar-refractivity contribution is 0.00589. The van der Waals surface area contributed by atoms with Gasteiger partial charge in [-0.3, -0.25) is 4.79 Å². The standard InChI is InChI=1S/C17H13ClN2O3/c18-14-7-11(17(22)20-9-13(21)10-20)5-6-16(14)23-15-4-2-1-3-12(15)8-19/h1-7,13,21H,9-10H2. The molecular formula is C17H13ClN2O3. The van der Waals surface area contributed by atoms with Crippen LogP contribution in [0.4, 0.5) is 0 Å². The third-order valence-corrected chi connectivity index (χ3v) is 3.85. The number of nitrogens with zero attached hydrogens (tertiary/aromatic N) is 2. The van der Waals surface area contributed by atoms with E-state index in [1.165, 1.54) is 6.07 Å². The van der Waals surface area contributed by atoms with E-state index in [0.717, 1.165) is 0 Å². The Hall–Kier alpha value is -2.55. The normalized spacial score (nSPS) is 14.0. The van der Waals surface area contributed by atoms with Crippen LogP contribution < -0.4 is 4.74 Å². The Kier molecular flexibility index (Phi) is 4.20. The number of hydrogen-bond acceptors (Lipinski definition) is 4. The highest BCUT2D eigenvalue weighted by atomic mass is 35.5. The van der Waals surface area contributed by atoms with Gasteiger partial charge in [0.25, 0.3) is 5.91 Å². The van der Waals surface area contributed by atoms with Crippen molar-refractivity contribution in [2.24, 2.45) is 0 Å². The molecule has 5 nitrogen and oxygen atoms in total. The summed E-state index contributed by atoms with van der Waals surface area (Å²) in [5.74, 6) is 0.595. The Labute approximate surface area is 138 Å². The number of halogens is 1. The molecule has 1 amide bonds. The average molecular weight is 329 g/mol. The number of likely N-dealkylation sites (tertiary alicyclic amines) is 1. The molecule has 1 heterocycles. The number of rotatable bonds is 3. The van der Waals surface area contributed by atoms with Crippen LogP contribution in [-0.2, 0) is 0 Å². The van der Waals surface area contributed by atoms with Gasteiger partial charge in [-0.1, -0.05) is 23.7 Å². The number of carbonyl (C=O) groups is 1. The molecule has 1 N–H and O–H groups in total. The second-order valence-electron chi connectivity index (χ2n) is 5.22. The first-order valence-electron chi connectivity index (χ1n) is 7.02. The van der Waals surface area contributed by atoms with E-state index in [1.54, 1.807) is 41.3 Å². The molecule has 0 aromatic heterocycles. The number of amides is 1. The van der Waals surface area contributed by atoms with Crippen molar-refractivity contribution in [1.82, 2.24) is 4.90 Å². The van der Waals surface area contributed by atoms with Crippen molar-refractivity contribution in [3.63, 3.8) is 0 Å². The third-order valence-electron chi connectivity index (χ3n) is 3.56. The van der Waals surface area contributed by atoms with E-state index < -0.39 is 6.10 Å². The molecule has 1 aliphatic rings. The summed E-state index contributed by atoms with van der Waals surface area (Å²) in [5.41, 5.74) is 0.834. The number of ether oxygens (including phenoxy) is 1. The summed E-state index contributed by atoms with van der Waals surface area (Å²) in [6, 6.07) is 13.6. The van der Waals surface area contributed by atoms with Gasteiger partial charge < -0.3 is 14.7 Å². The molecule has 0 aliphatic carbocycles. The van der Waals surface area contributed by atoms with E-state index in [4.69, 9.17) is 21.6 Å². The molecule has 23 heavy (non-hydrogen) atoms. The summed E-state index contributed by atoms with van der Waals surface area (Å²) in [6.07, 6.45) is -0.445. The molecule has 3 rings (SSSR count). The molecule has 2 aromatic carbocycles. The lowest BCUT2D eigenvalue weighted by atomic mass is 10.1. The molecular weight excluding hydrogens is 316 g/mol. The highest BCUT2D eigenvalue weighted by Crippen LogP contribution is 2.32. The topological polar surface area (TPSA) is 73.6 Å². The van der Waals surface area contributed by atoms with Crippen molar-refractivity contribution in [3.05, 3.63) is 58.6 Å². The first-order valence-corrected chi connectivity index (χ1v) is 7.40. The monoisotopic (exact) mass is 328 g/mol. The van der Waals surface area contributed by atoms with Gasteiger partial charge >= 0.3 is 0 Å². The summed E-state index contributed by atoms with van der Waals surface area (Å²) in [4.78, 5) is 13.7. The Morgan fingerprint density at radius 1 is 1.26 bits per heavy atom. The largest absolute Gasteiger partial charge is 0.454 e. The van der Waals surface area contributed by atoms with Gasteiger partial charge in [0.05, 0.1) is 16.7 Å². The van der Waals surface area contributed by atoms with Crippen LogP contribution in [0.25, 0.3) is 0 Å². The zero-order valence-electron chi connectivity index (χ0n) is 12.1. The summed E-state index contributed by atoms with van der Waals surface area (Å²) >= 11 is 6.19. The molecule has 1 saturated heterocycles. The lowest BCUT2D eigenvalue weighted by Crippen LogP contribution is -2.53. The molecule has 0 unspecified atom stereocenters. The molecule has 0 bridgehead atoms. The van der Waals surface area contributed by atoms with E-state index in [9.17, 15) is 9.90 Å². The number of β-amino-alcohol motifs (C(OH)–C–C–N with tert-alkyl or cyclic N) is 1. The Morgan fingerprint density at radius 2 is 2.00 bits per heavy atom. The van der Waals surface area contributed by atoms with Crippen LogP contribution >= 0.6 is 11.6 Å². The van der Waals surface area contributed by atoms with Crippen LogP contribution in [0, 0.1) is 11.3 Å². The third kappa shape index (κ3) is 3.14. The maximum atomic E-state index is 12.2. The number of para-hydroxylation sites is 1. The Balaban J connectivity index is 1.80. The zero-order chi connectivity index (χ0) is 16.4. The van der Waals surface area contributed by atoms with Crippen molar-refractivity contribution in [2.45, 2.75) is 6.10 Å². The molecule has 116 valence electrons. The summed E-state index contributed by atoms with van der Waals surface area (Å²) in [7, 11) is 0. The Bertz CT molecular complexity index is 795. The van der Waals surface area contributed by atoms with Crippen molar-refractivity contribution in [3.8, 4) is 17.6 Å². The summed E-state index contributed by atoms with van der Waals surface area (Å²) < 4.78 is 5.66. The van der Waals surface area contributed by atoms with Crippen LogP contribution in [0.1, 0.15) is 15.9 Å². The van der Waals surface area contributed by atoms with E-state index >= 15 is 0 Å². The first-order chi connectivity index (χ1) is 11.1. The summed E-state index contributed by atoms with van der Waals surface area (Å²) in [5, 5.41) is 18.6. The van der Waals surface area contributed by atoms with Crippen molar-refractivity contribution in [1.29, 1.82) is 5.26 Å².